The van der Waals surface area contributed by atoms with Crippen molar-refractivity contribution >= 4 is 82.5 Å². The summed E-state index contributed by atoms with van der Waals surface area (Å²) in [6.45, 7) is 0. The molecule has 0 radical (unpaired) electrons. The molecule has 0 spiro atoms. The lowest BCUT2D eigenvalue weighted by atomic mass is 9.90. The molecule has 0 aliphatic heterocycles. The molecule has 12 aromatic rings. The molecule has 0 saturated carbocycles. The van der Waals surface area contributed by atoms with Gasteiger partial charge in [-0.3, -0.25) is 0 Å². The Kier molecular flexibility index (Phi) is 7.54. The summed E-state index contributed by atoms with van der Waals surface area (Å²) in [6, 6.07) is 75.8. The molecule has 0 N–H and O–H groups in total. The van der Waals surface area contributed by atoms with Crippen LogP contribution in [0, 0.1) is 0 Å². The summed E-state index contributed by atoms with van der Waals surface area (Å²) in [7, 11) is 0. The number of nitrogens with zero attached hydrogens (tertiary/aromatic N) is 1. The predicted molar refractivity (Wildman–Crippen MR) is 247 cm³/mol. The van der Waals surface area contributed by atoms with Gasteiger partial charge in [-0.05, 0) is 80.9 Å². The SMILES string of the molecule is c1ccc(-c2c(N(c3ccc(-c4cccc5c4oc4ccccc45)cc3)c3ccc(-c4cccc5oc6ccccc6c45)cc3)c3ccccc3c3ccccc23)cc1. The van der Waals surface area contributed by atoms with Crippen LogP contribution in [0.3, 0.4) is 0 Å². The van der Waals surface area contributed by atoms with E-state index in [1.807, 2.05) is 24.3 Å². The average Bonchev–Trinajstić information content (AvgIpc) is 3.89. The van der Waals surface area contributed by atoms with Gasteiger partial charge in [0.15, 0.2) is 0 Å². The molecular weight excluding hydrogens is 719 g/mol. The van der Waals surface area contributed by atoms with Crippen LogP contribution in [0.15, 0.2) is 221 Å². The minimum absolute atomic E-state index is 0.892. The zero-order valence-corrected chi connectivity index (χ0v) is 32.0. The van der Waals surface area contributed by atoms with E-state index in [1.165, 1.54) is 27.1 Å². The van der Waals surface area contributed by atoms with Gasteiger partial charge in [0.1, 0.15) is 22.3 Å². The van der Waals surface area contributed by atoms with E-state index in [4.69, 9.17) is 8.83 Å². The number of hydrogen-bond donors (Lipinski definition) is 0. The second-order valence-corrected chi connectivity index (χ2v) is 15.2. The Morgan fingerprint density at radius 1 is 0.288 bits per heavy atom. The molecular formula is C56H35NO2. The number of fused-ring (bicyclic) bond motifs is 9. The third kappa shape index (κ3) is 5.29. The summed E-state index contributed by atoms with van der Waals surface area (Å²) in [5, 5.41) is 9.34. The van der Waals surface area contributed by atoms with Crippen molar-refractivity contribution in [3.63, 3.8) is 0 Å². The van der Waals surface area contributed by atoms with Crippen LogP contribution in [0.4, 0.5) is 17.1 Å². The van der Waals surface area contributed by atoms with Crippen LogP contribution >= 0.6 is 0 Å². The van der Waals surface area contributed by atoms with E-state index < -0.39 is 0 Å². The first-order chi connectivity index (χ1) is 29.3. The van der Waals surface area contributed by atoms with Crippen LogP contribution in [0.1, 0.15) is 0 Å². The highest BCUT2D eigenvalue weighted by Gasteiger charge is 2.24. The van der Waals surface area contributed by atoms with Gasteiger partial charge in [-0.25, -0.2) is 0 Å². The molecule has 0 amide bonds. The number of rotatable bonds is 6. The van der Waals surface area contributed by atoms with E-state index in [0.29, 0.717) is 0 Å². The second-order valence-electron chi connectivity index (χ2n) is 15.2. The summed E-state index contributed by atoms with van der Waals surface area (Å²) in [5.74, 6) is 0. The quantitative estimate of drug-likeness (QED) is 0.158. The Hall–Kier alpha value is -7.88. The normalized spacial score (nSPS) is 11.7. The smallest absolute Gasteiger partial charge is 0.143 e. The molecule has 12 rings (SSSR count). The van der Waals surface area contributed by atoms with E-state index >= 15 is 0 Å². The molecule has 59 heavy (non-hydrogen) atoms. The first-order valence-corrected chi connectivity index (χ1v) is 20.1. The van der Waals surface area contributed by atoms with Gasteiger partial charge in [0.2, 0.25) is 0 Å². The molecule has 3 heteroatoms. The van der Waals surface area contributed by atoms with Gasteiger partial charge in [0.25, 0.3) is 0 Å². The predicted octanol–water partition coefficient (Wildman–Crippen LogP) is 16.3. The molecule has 0 saturated heterocycles. The van der Waals surface area contributed by atoms with Gasteiger partial charge in [-0.1, -0.05) is 170 Å². The molecule has 0 fully saturated rings. The van der Waals surface area contributed by atoms with E-state index in [9.17, 15) is 0 Å². The molecule has 2 aromatic heterocycles. The van der Waals surface area contributed by atoms with E-state index in [-0.39, 0.29) is 0 Å². The number of benzene rings is 10. The highest BCUT2D eigenvalue weighted by Crippen LogP contribution is 2.50. The molecule has 0 unspecified atom stereocenters. The van der Waals surface area contributed by atoms with E-state index in [1.54, 1.807) is 0 Å². The van der Waals surface area contributed by atoms with Crippen LogP contribution in [0.25, 0.3) is 98.8 Å². The first-order valence-electron chi connectivity index (χ1n) is 20.1. The lowest BCUT2D eigenvalue weighted by Crippen LogP contribution is -2.12. The molecule has 276 valence electrons. The highest BCUT2D eigenvalue weighted by atomic mass is 16.3. The Balaban J connectivity index is 1.09. The fourth-order valence-corrected chi connectivity index (χ4v) is 9.23. The maximum Gasteiger partial charge on any atom is 0.143 e. The summed E-state index contributed by atoms with van der Waals surface area (Å²) in [5.41, 5.74) is 13.6. The Bertz CT molecular complexity index is 3540. The number of hydrogen-bond acceptors (Lipinski definition) is 3. The van der Waals surface area contributed by atoms with Crippen molar-refractivity contribution in [1.29, 1.82) is 0 Å². The van der Waals surface area contributed by atoms with Crippen molar-refractivity contribution in [2.24, 2.45) is 0 Å². The zero-order valence-electron chi connectivity index (χ0n) is 32.0. The third-order valence-corrected chi connectivity index (χ3v) is 11.9. The third-order valence-electron chi connectivity index (χ3n) is 11.9. The molecule has 0 aliphatic carbocycles. The van der Waals surface area contributed by atoms with Crippen molar-refractivity contribution in [3.05, 3.63) is 212 Å². The lowest BCUT2D eigenvalue weighted by molar-refractivity contribution is 0.669. The molecule has 0 aliphatic rings. The number of anilines is 3. The standard InChI is InChI=1S/C56H35NO2/c1-2-14-38(15-3-1)53-46-19-6-4-16-43(46)44-17-5-7-20-47(44)55(53)57(39-32-28-36(29-33-39)41-22-13-27-52-54(41)49-21-9-11-26-51(49)58-52)40-34-30-37(31-35-40)42-23-12-24-48-45-18-8-10-25-50(45)59-56(42)48/h1-35H. The van der Waals surface area contributed by atoms with Gasteiger partial charge in [-0.15, -0.1) is 0 Å². The van der Waals surface area contributed by atoms with Gasteiger partial charge < -0.3 is 13.7 Å². The van der Waals surface area contributed by atoms with Crippen LogP contribution in [-0.4, -0.2) is 0 Å². The topological polar surface area (TPSA) is 29.5 Å². The van der Waals surface area contributed by atoms with Gasteiger partial charge in [-0.2, -0.15) is 0 Å². The van der Waals surface area contributed by atoms with E-state index in [2.05, 4.69) is 193 Å². The molecule has 0 bridgehead atoms. The average molecular weight is 754 g/mol. The molecule has 3 nitrogen and oxygen atoms in total. The summed E-state index contributed by atoms with van der Waals surface area (Å²) >= 11 is 0. The fraction of sp³-hybridized carbons (Fsp3) is 0. The Labute approximate surface area is 340 Å². The van der Waals surface area contributed by atoms with Crippen molar-refractivity contribution in [3.8, 4) is 33.4 Å². The maximum atomic E-state index is 6.48. The van der Waals surface area contributed by atoms with E-state index in [0.717, 1.165) is 88.8 Å². The van der Waals surface area contributed by atoms with Crippen LogP contribution in [0.5, 0.6) is 0 Å². The first kappa shape index (κ1) is 33.3. The summed E-state index contributed by atoms with van der Waals surface area (Å²) in [6.07, 6.45) is 0. The largest absolute Gasteiger partial charge is 0.456 e. The summed E-state index contributed by atoms with van der Waals surface area (Å²) < 4.78 is 12.8. The van der Waals surface area contributed by atoms with Crippen LogP contribution in [-0.2, 0) is 0 Å². The van der Waals surface area contributed by atoms with Crippen molar-refractivity contribution in [2.75, 3.05) is 4.90 Å². The monoisotopic (exact) mass is 753 g/mol. The number of para-hydroxylation sites is 3. The minimum atomic E-state index is 0.892. The maximum absolute atomic E-state index is 6.48. The van der Waals surface area contributed by atoms with Crippen molar-refractivity contribution in [2.45, 2.75) is 0 Å². The van der Waals surface area contributed by atoms with Crippen LogP contribution < -0.4 is 4.90 Å². The lowest BCUT2D eigenvalue weighted by Gasteiger charge is -2.31. The number of furan rings is 2. The minimum Gasteiger partial charge on any atom is -0.456 e. The molecule has 10 aromatic carbocycles. The second kappa shape index (κ2) is 13.4. The van der Waals surface area contributed by atoms with Crippen molar-refractivity contribution < 1.29 is 8.83 Å². The van der Waals surface area contributed by atoms with Gasteiger partial charge in [0.05, 0.1) is 5.69 Å². The van der Waals surface area contributed by atoms with Crippen LogP contribution in [0.2, 0.25) is 0 Å². The highest BCUT2D eigenvalue weighted by molar-refractivity contribution is 6.22. The molecule has 0 atom stereocenters. The Morgan fingerprint density at radius 2 is 0.780 bits per heavy atom. The molecule has 2 heterocycles. The zero-order chi connectivity index (χ0) is 38.9. The van der Waals surface area contributed by atoms with Gasteiger partial charge >= 0.3 is 0 Å². The van der Waals surface area contributed by atoms with Gasteiger partial charge in [0, 0.05) is 49.4 Å². The van der Waals surface area contributed by atoms with Crippen molar-refractivity contribution in [1.82, 2.24) is 0 Å². The summed E-state index contributed by atoms with van der Waals surface area (Å²) in [4.78, 5) is 2.44. The Morgan fingerprint density at radius 3 is 1.49 bits per heavy atom. The fourth-order valence-electron chi connectivity index (χ4n) is 9.23.